The number of nitrogens with zero attached hydrogens (tertiary/aromatic N) is 2. The Morgan fingerprint density at radius 1 is 1.37 bits per heavy atom. The van der Waals surface area contributed by atoms with E-state index in [-0.39, 0.29) is 11.9 Å². The Morgan fingerprint density at radius 3 is 2.21 bits per heavy atom. The van der Waals surface area contributed by atoms with Gasteiger partial charge in [-0.3, -0.25) is 4.79 Å². The molecule has 0 bridgehead atoms. The van der Waals surface area contributed by atoms with Crippen molar-refractivity contribution in [3.63, 3.8) is 0 Å². The Balaban J connectivity index is 2.91. The molecule has 0 aliphatic heterocycles. The van der Waals surface area contributed by atoms with Gasteiger partial charge in [0.15, 0.2) is 0 Å². The zero-order valence-corrected chi connectivity index (χ0v) is 13.1. The fraction of sp³-hybridized carbons (Fsp3) is 0.875. The molecule has 108 valence electrons. The quantitative estimate of drug-likeness (QED) is 0.735. The van der Waals surface area contributed by atoms with E-state index in [1.165, 1.54) is 0 Å². The van der Waals surface area contributed by atoms with Gasteiger partial charge in [-0.05, 0) is 37.5 Å². The first kappa shape index (κ1) is 16.0. The van der Waals surface area contributed by atoms with Crippen molar-refractivity contribution in [2.75, 3.05) is 6.54 Å². The molecule has 0 aromatic carbocycles. The van der Waals surface area contributed by atoms with E-state index in [1.54, 1.807) is 0 Å². The Hall–Kier alpha value is -1.04. The molecule has 1 rings (SSSR count). The van der Waals surface area contributed by atoms with Gasteiger partial charge in [0, 0.05) is 12.6 Å². The highest BCUT2D eigenvalue weighted by atomic mass is 16.2. The summed E-state index contributed by atoms with van der Waals surface area (Å²) in [4.78, 5) is 14.8. The fourth-order valence-corrected chi connectivity index (χ4v) is 3.24. The van der Waals surface area contributed by atoms with E-state index in [9.17, 15) is 10.1 Å². The highest BCUT2D eigenvalue weighted by molar-refractivity contribution is 5.86. The van der Waals surface area contributed by atoms with Crippen LogP contribution in [0.2, 0.25) is 0 Å². The summed E-state index contributed by atoms with van der Waals surface area (Å²) in [5.41, 5.74) is -0.725. The van der Waals surface area contributed by atoms with Crippen molar-refractivity contribution in [2.24, 2.45) is 17.3 Å². The van der Waals surface area contributed by atoms with Crippen molar-refractivity contribution in [2.45, 2.75) is 66.3 Å². The van der Waals surface area contributed by atoms with Crippen LogP contribution in [0.3, 0.4) is 0 Å². The first-order valence-corrected chi connectivity index (χ1v) is 7.62. The molecule has 3 nitrogen and oxygen atoms in total. The molecule has 19 heavy (non-hydrogen) atoms. The van der Waals surface area contributed by atoms with Crippen LogP contribution in [0.15, 0.2) is 0 Å². The lowest BCUT2D eigenvalue weighted by atomic mass is 9.62. The van der Waals surface area contributed by atoms with E-state index in [0.29, 0.717) is 11.8 Å². The molecule has 0 saturated heterocycles. The number of nitriles is 1. The molecule has 0 atom stereocenters. The van der Waals surface area contributed by atoms with Crippen LogP contribution in [0.4, 0.5) is 0 Å². The van der Waals surface area contributed by atoms with Gasteiger partial charge in [0.25, 0.3) is 0 Å². The van der Waals surface area contributed by atoms with Crippen LogP contribution in [0.5, 0.6) is 0 Å². The Bertz CT molecular complexity index is 346. The average molecular weight is 264 g/mol. The molecule has 0 N–H and O–H groups in total. The molecule has 3 heteroatoms. The van der Waals surface area contributed by atoms with E-state index >= 15 is 0 Å². The molecule has 1 saturated carbocycles. The summed E-state index contributed by atoms with van der Waals surface area (Å²) in [6, 6.07) is 2.58. The summed E-state index contributed by atoms with van der Waals surface area (Å²) in [5, 5.41) is 9.44. The minimum Gasteiger partial charge on any atom is -0.338 e. The van der Waals surface area contributed by atoms with E-state index in [2.05, 4.69) is 40.7 Å². The van der Waals surface area contributed by atoms with E-state index < -0.39 is 5.41 Å². The summed E-state index contributed by atoms with van der Waals surface area (Å²) >= 11 is 0. The van der Waals surface area contributed by atoms with Crippen LogP contribution in [-0.2, 0) is 4.79 Å². The topological polar surface area (TPSA) is 44.1 Å². The molecule has 1 amide bonds. The number of hydrogen-bond donors (Lipinski definition) is 0. The predicted octanol–water partition coefficient (Wildman–Crippen LogP) is 3.60. The summed E-state index contributed by atoms with van der Waals surface area (Å²) in [6.07, 6.45) is 3.40. The summed E-state index contributed by atoms with van der Waals surface area (Å²) in [7, 11) is 0. The summed E-state index contributed by atoms with van der Waals surface area (Å²) in [5.74, 6) is 1.03. The molecule has 1 aliphatic carbocycles. The van der Waals surface area contributed by atoms with Gasteiger partial charge in [-0.2, -0.15) is 5.26 Å². The second kappa shape index (κ2) is 6.41. The summed E-state index contributed by atoms with van der Waals surface area (Å²) < 4.78 is 0. The molecule has 1 fully saturated rings. The standard InChI is InChI=1S/C16H28N2O/c1-6-14(7-2)18(10-12(3)4)15(19)16(11-17)8-13(5)9-16/h12-14H,6-10H2,1-5H3. The van der Waals surface area contributed by atoms with Gasteiger partial charge < -0.3 is 4.90 Å². The lowest BCUT2D eigenvalue weighted by Gasteiger charge is -2.45. The van der Waals surface area contributed by atoms with Crippen molar-refractivity contribution < 1.29 is 4.79 Å². The normalized spacial score (nSPS) is 26.1. The largest absolute Gasteiger partial charge is 0.338 e. The van der Waals surface area contributed by atoms with Gasteiger partial charge in [-0.15, -0.1) is 0 Å². The Labute approximate surface area is 118 Å². The van der Waals surface area contributed by atoms with Gasteiger partial charge in [0.05, 0.1) is 6.07 Å². The van der Waals surface area contributed by atoms with Crippen molar-refractivity contribution in [3.05, 3.63) is 0 Å². The molecule has 0 spiro atoms. The number of hydrogen-bond acceptors (Lipinski definition) is 2. The highest BCUT2D eigenvalue weighted by Crippen LogP contribution is 2.46. The van der Waals surface area contributed by atoms with Crippen LogP contribution in [0.1, 0.15) is 60.3 Å². The molecule has 0 aromatic heterocycles. The molecular weight excluding hydrogens is 236 g/mol. The second-order valence-electron chi connectivity index (χ2n) is 6.53. The Morgan fingerprint density at radius 2 is 1.89 bits per heavy atom. The SMILES string of the molecule is CCC(CC)N(CC(C)C)C(=O)C1(C#N)CC(C)C1. The van der Waals surface area contributed by atoms with E-state index in [0.717, 1.165) is 32.2 Å². The minimum absolute atomic E-state index is 0.0792. The fourth-order valence-electron chi connectivity index (χ4n) is 3.24. The zero-order chi connectivity index (χ0) is 14.6. The van der Waals surface area contributed by atoms with Crippen LogP contribution < -0.4 is 0 Å². The van der Waals surface area contributed by atoms with Crippen LogP contribution >= 0.6 is 0 Å². The van der Waals surface area contributed by atoms with Crippen molar-refractivity contribution >= 4 is 5.91 Å². The number of carbonyl (C=O) groups is 1. The third-order valence-electron chi connectivity index (χ3n) is 4.22. The first-order chi connectivity index (χ1) is 8.90. The molecule has 1 aliphatic rings. The van der Waals surface area contributed by atoms with Crippen LogP contribution in [-0.4, -0.2) is 23.4 Å². The molecule has 0 unspecified atom stereocenters. The van der Waals surface area contributed by atoms with Gasteiger partial charge in [-0.25, -0.2) is 0 Å². The van der Waals surface area contributed by atoms with Crippen LogP contribution in [0.25, 0.3) is 0 Å². The number of rotatable bonds is 6. The maximum absolute atomic E-state index is 12.8. The number of amides is 1. The smallest absolute Gasteiger partial charge is 0.243 e. The van der Waals surface area contributed by atoms with E-state index in [4.69, 9.17) is 0 Å². The first-order valence-electron chi connectivity index (χ1n) is 7.62. The molecular formula is C16H28N2O. The lowest BCUT2D eigenvalue weighted by Crippen LogP contribution is -2.53. The third-order valence-corrected chi connectivity index (χ3v) is 4.22. The molecule has 0 heterocycles. The van der Waals surface area contributed by atoms with Crippen molar-refractivity contribution in [1.82, 2.24) is 4.90 Å². The molecule has 0 radical (unpaired) electrons. The van der Waals surface area contributed by atoms with Crippen molar-refractivity contribution in [1.29, 1.82) is 5.26 Å². The van der Waals surface area contributed by atoms with E-state index in [1.807, 2.05) is 4.90 Å². The van der Waals surface area contributed by atoms with Gasteiger partial charge >= 0.3 is 0 Å². The molecule has 0 aromatic rings. The maximum Gasteiger partial charge on any atom is 0.243 e. The zero-order valence-electron chi connectivity index (χ0n) is 13.1. The van der Waals surface area contributed by atoms with Gasteiger partial charge in [0.2, 0.25) is 5.91 Å². The third kappa shape index (κ3) is 3.29. The highest BCUT2D eigenvalue weighted by Gasteiger charge is 2.51. The monoisotopic (exact) mass is 264 g/mol. The predicted molar refractivity (Wildman–Crippen MR) is 77.4 cm³/mol. The number of carbonyl (C=O) groups excluding carboxylic acids is 1. The van der Waals surface area contributed by atoms with Crippen LogP contribution in [0, 0.1) is 28.6 Å². The van der Waals surface area contributed by atoms with Crippen molar-refractivity contribution in [3.8, 4) is 6.07 Å². The Kier molecular flexibility index (Phi) is 5.40. The second-order valence-corrected chi connectivity index (χ2v) is 6.53. The minimum atomic E-state index is -0.725. The van der Waals surface area contributed by atoms with Gasteiger partial charge in [-0.1, -0.05) is 34.6 Å². The lowest BCUT2D eigenvalue weighted by molar-refractivity contribution is -0.148. The van der Waals surface area contributed by atoms with Gasteiger partial charge in [0.1, 0.15) is 5.41 Å². The summed E-state index contributed by atoms with van der Waals surface area (Å²) in [6.45, 7) is 11.4. The maximum atomic E-state index is 12.8. The average Bonchev–Trinajstić information content (AvgIpc) is 2.33.